The van der Waals surface area contributed by atoms with Crippen molar-refractivity contribution in [2.24, 2.45) is 0 Å². The van der Waals surface area contributed by atoms with Crippen molar-refractivity contribution < 1.29 is 14.1 Å². The normalized spacial score (nSPS) is 10.5. The molecule has 0 saturated carbocycles. The van der Waals surface area contributed by atoms with E-state index in [0.29, 0.717) is 23.2 Å². The average molecular weight is 295 g/mol. The Labute approximate surface area is 126 Å². The summed E-state index contributed by atoms with van der Waals surface area (Å²) in [5, 5.41) is 3.96. The van der Waals surface area contributed by atoms with Gasteiger partial charge in [-0.15, -0.1) is 0 Å². The molecule has 0 bridgehead atoms. The number of hydrogen-bond acceptors (Lipinski definition) is 6. The average Bonchev–Trinajstić information content (AvgIpc) is 3.05. The lowest BCUT2D eigenvalue weighted by Gasteiger charge is -1.98. The number of carbonyl (C=O) groups excluding carboxylic acids is 1. The molecule has 0 radical (unpaired) electrons. The molecular weight excluding hydrogens is 282 g/mol. The van der Waals surface area contributed by atoms with E-state index in [2.05, 4.69) is 15.1 Å². The smallest absolute Gasteiger partial charge is 0.258 e. The topological polar surface area (TPSA) is 78.1 Å². The lowest BCUT2D eigenvalue weighted by Crippen LogP contribution is -1.91. The Bertz CT molecular complexity index is 810. The molecule has 1 aromatic carbocycles. The summed E-state index contributed by atoms with van der Waals surface area (Å²) in [5.41, 5.74) is 2.15. The first-order valence-electron chi connectivity index (χ1n) is 6.63. The number of methoxy groups -OCH3 is 1. The van der Waals surface area contributed by atoms with Gasteiger partial charge in [0.25, 0.3) is 5.89 Å². The molecule has 0 atom stereocenters. The van der Waals surface area contributed by atoms with Gasteiger partial charge in [0.15, 0.2) is 5.78 Å². The highest BCUT2D eigenvalue weighted by molar-refractivity contribution is 5.94. The molecule has 6 heteroatoms. The van der Waals surface area contributed by atoms with Crippen LogP contribution in [-0.2, 0) is 0 Å². The van der Waals surface area contributed by atoms with Gasteiger partial charge in [0, 0.05) is 29.0 Å². The zero-order valence-electron chi connectivity index (χ0n) is 12.1. The molecule has 0 N–H and O–H groups in total. The van der Waals surface area contributed by atoms with E-state index in [1.54, 1.807) is 49.7 Å². The molecule has 0 amide bonds. The van der Waals surface area contributed by atoms with E-state index < -0.39 is 0 Å². The monoisotopic (exact) mass is 295 g/mol. The molecule has 2 heterocycles. The molecule has 110 valence electrons. The van der Waals surface area contributed by atoms with Crippen LogP contribution >= 0.6 is 0 Å². The minimum Gasteiger partial charge on any atom is -0.481 e. The highest BCUT2D eigenvalue weighted by Gasteiger charge is 2.12. The number of benzene rings is 1. The molecule has 0 saturated heterocycles. The van der Waals surface area contributed by atoms with Crippen LogP contribution in [0.1, 0.15) is 17.3 Å². The summed E-state index contributed by atoms with van der Waals surface area (Å²) < 4.78 is 10.3. The number of Topliss-reactive ketones (excluding diaryl/α,β-unsaturated/α-hetero) is 1. The van der Waals surface area contributed by atoms with Crippen molar-refractivity contribution in [2.75, 3.05) is 7.11 Å². The quantitative estimate of drug-likeness (QED) is 0.688. The molecule has 3 aromatic rings. The number of aromatic nitrogens is 3. The summed E-state index contributed by atoms with van der Waals surface area (Å²) in [5.74, 6) is 1.34. The standard InChI is InChI=1S/C16H13N3O3/c1-10(20)11-3-5-12(6-4-11)16-18-15(19-22-16)13-7-8-17-14(9-13)21-2/h3-9H,1-2H3. The molecular formula is C16H13N3O3. The van der Waals surface area contributed by atoms with Crippen LogP contribution in [0.25, 0.3) is 22.8 Å². The van der Waals surface area contributed by atoms with Crippen molar-refractivity contribution in [1.82, 2.24) is 15.1 Å². The van der Waals surface area contributed by atoms with Gasteiger partial charge in [-0.05, 0) is 25.1 Å². The van der Waals surface area contributed by atoms with Gasteiger partial charge in [-0.25, -0.2) is 4.98 Å². The van der Waals surface area contributed by atoms with Crippen LogP contribution in [-0.4, -0.2) is 28.0 Å². The number of nitrogens with zero attached hydrogens (tertiary/aromatic N) is 3. The maximum absolute atomic E-state index is 11.3. The number of carbonyl (C=O) groups is 1. The van der Waals surface area contributed by atoms with Gasteiger partial charge in [-0.1, -0.05) is 17.3 Å². The number of pyridine rings is 1. The van der Waals surface area contributed by atoms with Crippen LogP contribution in [0.5, 0.6) is 5.88 Å². The van der Waals surface area contributed by atoms with Gasteiger partial charge < -0.3 is 9.26 Å². The molecule has 2 aromatic heterocycles. The third kappa shape index (κ3) is 2.71. The Morgan fingerprint density at radius 2 is 1.91 bits per heavy atom. The van der Waals surface area contributed by atoms with Crippen LogP contribution in [0.3, 0.4) is 0 Å². The van der Waals surface area contributed by atoms with Crippen molar-refractivity contribution in [3.63, 3.8) is 0 Å². The van der Waals surface area contributed by atoms with Crippen molar-refractivity contribution >= 4 is 5.78 Å². The maximum Gasteiger partial charge on any atom is 0.258 e. The van der Waals surface area contributed by atoms with Gasteiger partial charge in [-0.2, -0.15) is 4.98 Å². The van der Waals surface area contributed by atoms with Gasteiger partial charge in [0.05, 0.1) is 7.11 Å². The minimum atomic E-state index is 0.0154. The Kier molecular flexibility index (Phi) is 3.65. The fourth-order valence-electron chi connectivity index (χ4n) is 1.97. The summed E-state index contributed by atoms with van der Waals surface area (Å²) in [6.07, 6.45) is 1.62. The maximum atomic E-state index is 11.3. The van der Waals surface area contributed by atoms with Crippen molar-refractivity contribution in [1.29, 1.82) is 0 Å². The Hall–Kier alpha value is -3.02. The fourth-order valence-corrected chi connectivity index (χ4v) is 1.97. The minimum absolute atomic E-state index is 0.0154. The Balaban J connectivity index is 1.91. The largest absolute Gasteiger partial charge is 0.481 e. The van der Waals surface area contributed by atoms with E-state index in [0.717, 1.165) is 11.1 Å². The number of hydrogen-bond donors (Lipinski definition) is 0. The van der Waals surface area contributed by atoms with Crippen molar-refractivity contribution in [3.05, 3.63) is 48.2 Å². The zero-order chi connectivity index (χ0) is 15.5. The third-order valence-electron chi connectivity index (χ3n) is 3.17. The second-order valence-electron chi connectivity index (χ2n) is 4.64. The predicted molar refractivity (Wildman–Crippen MR) is 79.5 cm³/mol. The molecule has 0 unspecified atom stereocenters. The summed E-state index contributed by atoms with van der Waals surface area (Å²) in [4.78, 5) is 19.7. The number of ketones is 1. The summed E-state index contributed by atoms with van der Waals surface area (Å²) in [6, 6.07) is 10.5. The van der Waals surface area contributed by atoms with Gasteiger partial charge in [-0.3, -0.25) is 4.79 Å². The summed E-state index contributed by atoms with van der Waals surface area (Å²) in [6.45, 7) is 1.52. The van der Waals surface area contributed by atoms with E-state index in [-0.39, 0.29) is 5.78 Å². The Morgan fingerprint density at radius 1 is 1.14 bits per heavy atom. The molecule has 3 rings (SSSR count). The number of rotatable bonds is 4. The van der Waals surface area contributed by atoms with E-state index in [1.165, 1.54) is 6.92 Å². The molecule has 0 aliphatic carbocycles. The molecule has 0 aliphatic rings. The van der Waals surface area contributed by atoms with Crippen LogP contribution in [0.4, 0.5) is 0 Å². The number of ether oxygens (including phenoxy) is 1. The Morgan fingerprint density at radius 3 is 2.59 bits per heavy atom. The fraction of sp³-hybridized carbons (Fsp3) is 0.125. The second-order valence-corrected chi connectivity index (χ2v) is 4.64. The van der Waals surface area contributed by atoms with Gasteiger partial charge in [0.2, 0.25) is 11.7 Å². The van der Waals surface area contributed by atoms with Crippen molar-refractivity contribution in [3.8, 4) is 28.7 Å². The SMILES string of the molecule is COc1cc(-c2noc(-c3ccc(C(C)=O)cc3)n2)ccn1. The van der Waals surface area contributed by atoms with E-state index >= 15 is 0 Å². The van der Waals surface area contributed by atoms with Gasteiger partial charge >= 0.3 is 0 Å². The van der Waals surface area contributed by atoms with E-state index in [1.807, 2.05) is 0 Å². The highest BCUT2D eigenvalue weighted by Crippen LogP contribution is 2.24. The molecule has 6 nitrogen and oxygen atoms in total. The zero-order valence-corrected chi connectivity index (χ0v) is 12.1. The van der Waals surface area contributed by atoms with Crippen LogP contribution in [0.15, 0.2) is 47.1 Å². The summed E-state index contributed by atoms with van der Waals surface area (Å²) >= 11 is 0. The molecule has 0 spiro atoms. The molecule has 0 fully saturated rings. The third-order valence-corrected chi connectivity index (χ3v) is 3.17. The highest BCUT2D eigenvalue weighted by atomic mass is 16.5. The first-order valence-corrected chi connectivity index (χ1v) is 6.63. The van der Waals surface area contributed by atoms with Crippen LogP contribution in [0.2, 0.25) is 0 Å². The van der Waals surface area contributed by atoms with Crippen LogP contribution in [0, 0.1) is 0 Å². The summed E-state index contributed by atoms with van der Waals surface area (Å²) in [7, 11) is 1.55. The lowest BCUT2D eigenvalue weighted by atomic mass is 10.1. The molecule has 0 aliphatic heterocycles. The van der Waals surface area contributed by atoms with E-state index in [4.69, 9.17) is 9.26 Å². The molecule has 22 heavy (non-hydrogen) atoms. The predicted octanol–water partition coefficient (Wildman–Crippen LogP) is 3.01. The van der Waals surface area contributed by atoms with E-state index in [9.17, 15) is 4.79 Å². The first-order chi connectivity index (χ1) is 10.7. The van der Waals surface area contributed by atoms with Crippen molar-refractivity contribution in [2.45, 2.75) is 6.92 Å². The lowest BCUT2D eigenvalue weighted by molar-refractivity contribution is 0.101. The van der Waals surface area contributed by atoms with Gasteiger partial charge in [0.1, 0.15) is 0 Å². The second kappa shape index (κ2) is 5.77. The first kappa shape index (κ1) is 13.9. The van der Waals surface area contributed by atoms with Crippen LogP contribution < -0.4 is 4.74 Å².